The summed E-state index contributed by atoms with van der Waals surface area (Å²) in [6.07, 6.45) is 6.64. The predicted octanol–water partition coefficient (Wildman–Crippen LogP) is 6.91. The molecule has 142 valence electrons. The van der Waals surface area contributed by atoms with E-state index >= 15 is 0 Å². The highest BCUT2D eigenvalue weighted by Gasteiger charge is 2.22. The van der Waals surface area contributed by atoms with E-state index in [1.54, 1.807) is 0 Å². The molecule has 0 aromatic heterocycles. The molecule has 0 radical (unpaired) electrons. The molecule has 0 unspecified atom stereocenters. The molecule has 27 heavy (non-hydrogen) atoms. The lowest BCUT2D eigenvalue weighted by atomic mass is 9.59. The Morgan fingerprint density at radius 2 is 1.30 bits per heavy atom. The molecule has 0 saturated heterocycles. The molecule has 0 bridgehead atoms. The molecule has 0 aliphatic heterocycles. The number of ketones is 1. The van der Waals surface area contributed by atoms with Crippen LogP contribution in [0.25, 0.3) is 5.76 Å². The van der Waals surface area contributed by atoms with Gasteiger partial charge >= 0.3 is 6.92 Å². The van der Waals surface area contributed by atoms with Crippen LogP contribution in [0, 0.1) is 0 Å². The molecule has 0 N–H and O–H groups in total. The van der Waals surface area contributed by atoms with Gasteiger partial charge in [-0.05, 0) is 19.6 Å². The summed E-state index contributed by atoms with van der Waals surface area (Å²) < 4.78 is 6.50. The molecule has 0 fully saturated rings. The van der Waals surface area contributed by atoms with Gasteiger partial charge in [-0.2, -0.15) is 0 Å². The van der Waals surface area contributed by atoms with Gasteiger partial charge in [-0.25, -0.2) is 0 Å². The van der Waals surface area contributed by atoms with Crippen LogP contribution in [0.4, 0.5) is 0 Å². The van der Waals surface area contributed by atoms with Gasteiger partial charge in [0.25, 0.3) is 0 Å². The Balaban J connectivity index is 2.36. The fourth-order valence-corrected chi connectivity index (χ4v) is 3.16. The maximum absolute atomic E-state index is 13.0. The van der Waals surface area contributed by atoms with Crippen LogP contribution in [-0.2, 0) is 4.65 Å². The summed E-state index contributed by atoms with van der Waals surface area (Å²) in [6, 6.07) is 19.5. The summed E-state index contributed by atoms with van der Waals surface area (Å²) >= 11 is 0. The van der Waals surface area contributed by atoms with Gasteiger partial charge in [-0.3, -0.25) is 4.79 Å². The van der Waals surface area contributed by atoms with Crippen LogP contribution in [-0.4, -0.2) is 12.7 Å². The summed E-state index contributed by atoms with van der Waals surface area (Å²) in [5, 5.41) is 0. The molecule has 0 atom stereocenters. The van der Waals surface area contributed by atoms with E-state index in [4.69, 9.17) is 4.65 Å². The maximum Gasteiger partial charge on any atom is 0.357 e. The summed E-state index contributed by atoms with van der Waals surface area (Å²) in [7, 11) is 0. The van der Waals surface area contributed by atoms with Crippen molar-refractivity contribution in [2.45, 2.75) is 59.1 Å². The average Bonchev–Trinajstić information content (AvgIpc) is 2.73. The van der Waals surface area contributed by atoms with Gasteiger partial charge < -0.3 is 4.65 Å². The molecule has 0 aliphatic rings. The van der Waals surface area contributed by atoms with E-state index in [-0.39, 0.29) is 12.7 Å². The lowest BCUT2D eigenvalue weighted by Gasteiger charge is -2.21. The van der Waals surface area contributed by atoms with Gasteiger partial charge in [-0.15, -0.1) is 0 Å². The smallest absolute Gasteiger partial charge is 0.357 e. The molecule has 3 heteroatoms. The quantitative estimate of drug-likeness (QED) is 0.188. The van der Waals surface area contributed by atoms with E-state index in [2.05, 4.69) is 13.8 Å². The monoisotopic (exact) mass is 362 g/mol. The maximum atomic E-state index is 13.0. The molecule has 2 rings (SSSR count). The second-order valence-corrected chi connectivity index (χ2v) is 7.04. The van der Waals surface area contributed by atoms with Gasteiger partial charge in [0, 0.05) is 16.7 Å². The summed E-state index contributed by atoms with van der Waals surface area (Å²) in [5.74, 6) is 0.751. The molecule has 0 aliphatic carbocycles. The van der Waals surface area contributed by atoms with Crippen molar-refractivity contribution < 1.29 is 9.45 Å². The van der Waals surface area contributed by atoms with Gasteiger partial charge in [0.15, 0.2) is 5.78 Å². The Morgan fingerprint density at radius 1 is 0.815 bits per heavy atom. The second kappa shape index (κ2) is 11.4. The van der Waals surface area contributed by atoms with E-state index in [0.717, 1.165) is 49.6 Å². The van der Waals surface area contributed by atoms with Crippen LogP contribution in [0.1, 0.15) is 62.4 Å². The van der Waals surface area contributed by atoms with Crippen molar-refractivity contribution in [1.82, 2.24) is 0 Å². The van der Waals surface area contributed by atoms with Crippen LogP contribution in [0.2, 0.25) is 12.6 Å². The standard InChI is InChI=1S/C24H31BO2/c1-4-6-18-25(19-7-5-2)27-24(22-16-12-9-13-17-22)20(3)23(26)21-14-10-8-11-15-21/h8-17H,4-7,18-19H2,1-3H3. The van der Waals surface area contributed by atoms with E-state index in [9.17, 15) is 4.79 Å². The highest BCUT2D eigenvalue weighted by molar-refractivity contribution is 6.53. The fraction of sp³-hybridized carbons (Fsp3) is 0.375. The van der Waals surface area contributed by atoms with Crippen LogP contribution in [0.3, 0.4) is 0 Å². The van der Waals surface area contributed by atoms with E-state index in [0.29, 0.717) is 11.1 Å². The molecule has 0 spiro atoms. The van der Waals surface area contributed by atoms with Crippen molar-refractivity contribution >= 4 is 18.5 Å². The van der Waals surface area contributed by atoms with Crippen molar-refractivity contribution in [3.05, 3.63) is 77.4 Å². The Bertz CT molecular complexity index is 715. The number of carbonyl (C=O) groups excluding carboxylic acids is 1. The summed E-state index contributed by atoms with van der Waals surface area (Å²) in [4.78, 5) is 13.0. The number of hydrogen-bond acceptors (Lipinski definition) is 2. The van der Waals surface area contributed by atoms with Crippen LogP contribution in [0.5, 0.6) is 0 Å². The lowest BCUT2D eigenvalue weighted by molar-refractivity contribution is 0.103. The van der Waals surface area contributed by atoms with Crippen molar-refractivity contribution in [3.8, 4) is 0 Å². The molecular weight excluding hydrogens is 331 g/mol. The van der Waals surface area contributed by atoms with Crippen molar-refractivity contribution in [2.24, 2.45) is 0 Å². The third kappa shape index (κ3) is 6.43. The van der Waals surface area contributed by atoms with Crippen LogP contribution >= 0.6 is 0 Å². The first-order valence-electron chi connectivity index (χ1n) is 10.2. The van der Waals surface area contributed by atoms with Gasteiger partial charge in [-0.1, -0.05) is 100 Å². The largest absolute Gasteiger partial charge is 0.560 e. The molecule has 2 aromatic rings. The SMILES string of the molecule is CCCCB(CCCC)OC(=C(C)C(=O)c1ccccc1)c1ccccc1. The van der Waals surface area contributed by atoms with Gasteiger partial charge in [0.2, 0.25) is 0 Å². The van der Waals surface area contributed by atoms with Gasteiger partial charge in [0.05, 0.1) is 0 Å². The average molecular weight is 362 g/mol. The zero-order chi connectivity index (χ0) is 19.5. The zero-order valence-corrected chi connectivity index (χ0v) is 16.9. The third-order valence-corrected chi connectivity index (χ3v) is 4.80. The fourth-order valence-electron chi connectivity index (χ4n) is 3.16. The highest BCUT2D eigenvalue weighted by atomic mass is 16.4. The molecular formula is C24H31BO2. The zero-order valence-electron chi connectivity index (χ0n) is 16.9. The Kier molecular flexibility index (Phi) is 8.90. The molecule has 0 heterocycles. The Labute approximate surface area is 164 Å². The van der Waals surface area contributed by atoms with Crippen LogP contribution in [0.15, 0.2) is 66.2 Å². The third-order valence-electron chi connectivity index (χ3n) is 4.80. The number of benzene rings is 2. The first kappa shape index (κ1) is 21.0. The number of allylic oxidation sites excluding steroid dienone is 1. The highest BCUT2D eigenvalue weighted by Crippen LogP contribution is 2.26. The first-order chi connectivity index (χ1) is 13.2. The van der Waals surface area contributed by atoms with E-state index in [1.165, 1.54) is 0 Å². The number of carbonyl (C=O) groups is 1. The molecule has 2 aromatic carbocycles. The number of hydrogen-bond donors (Lipinski definition) is 0. The topological polar surface area (TPSA) is 26.3 Å². The lowest BCUT2D eigenvalue weighted by Crippen LogP contribution is -2.19. The minimum atomic E-state index is 0.0270. The predicted molar refractivity (Wildman–Crippen MR) is 116 cm³/mol. The van der Waals surface area contributed by atoms with Crippen molar-refractivity contribution in [2.75, 3.05) is 0 Å². The van der Waals surface area contributed by atoms with E-state index in [1.807, 2.05) is 67.6 Å². The molecule has 0 saturated carbocycles. The summed E-state index contributed by atoms with van der Waals surface area (Å²) in [5.41, 5.74) is 2.34. The molecule has 0 amide bonds. The molecule has 2 nitrogen and oxygen atoms in total. The van der Waals surface area contributed by atoms with Crippen molar-refractivity contribution in [3.63, 3.8) is 0 Å². The van der Waals surface area contributed by atoms with Crippen molar-refractivity contribution in [1.29, 1.82) is 0 Å². The summed E-state index contributed by atoms with van der Waals surface area (Å²) in [6.45, 7) is 6.44. The minimum absolute atomic E-state index is 0.0270. The Hall–Kier alpha value is -2.29. The number of Topliss-reactive ketones (excluding diaryl/α,β-unsaturated/α-hetero) is 1. The minimum Gasteiger partial charge on any atom is -0.560 e. The van der Waals surface area contributed by atoms with Gasteiger partial charge in [0.1, 0.15) is 5.76 Å². The van der Waals surface area contributed by atoms with E-state index < -0.39 is 0 Å². The van der Waals surface area contributed by atoms with Crippen LogP contribution < -0.4 is 0 Å². The Morgan fingerprint density at radius 3 is 1.78 bits per heavy atom. The first-order valence-corrected chi connectivity index (χ1v) is 10.2. The second-order valence-electron chi connectivity index (χ2n) is 7.04. The number of rotatable bonds is 11. The number of unbranched alkanes of at least 4 members (excludes halogenated alkanes) is 2. The normalized spacial score (nSPS) is 11.7.